The summed E-state index contributed by atoms with van der Waals surface area (Å²) in [5.74, 6) is -1.42. The molecule has 2 N–H and O–H groups in total. The minimum Gasteiger partial charge on any atom is -0.449 e. The van der Waals surface area contributed by atoms with Crippen LogP contribution in [0.15, 0.2) is 24.3 Å². The highest BCUT2D eigenvalue weighted by molar-refractivity contribution is 5.94. The molecule has 0 saturated heterocycles. The predicted molar refractivity (Wildman–Crippen MR) is 78.9 cm³/mol. The highest BCUT2D eigenvalue weighted by Gasteiger charge is 2.18. The van der Waals surface area contributed by atoms with E-state index in [4.69, 9.17) is 10.00 Å². The molecule has 1 rings (SSSR count). The average molecular weight is 303 g/mol. The number of likely N-dealkylation sites (N-methyl/N-ethyl adjacent to an activating group) is 1. The molecule has 0 aliphatic heterocycles. The molecule has 116 valence electrons. The highest BCUT2D eigenvalue weighted by Crippen LogP contribution is 2.11. The van der Waals surface area contributed by atoms with E-state index in [2.05, 4.69) is 10.6 Å². The van der Waals surface area contributed by atoms with Gasteiger partial charge >= 0.3 is 5.97 Å². The number of anilines is 1. The van der Waals surface area contributed by atoms with Gasteiger partial charge in [0.1, 0.15) is 6.42 Å². The zero-order valence-corrected chi connectivity index (χ0v) is 12.4. The molecule has 0 saturated carbocycles. The van der Waals surface area contributed by atoms with Gasteiger partial charge in [-0.1, -0.05) is 0 Å². The first kappa shape index (κ1) is 17.2. The van der Waals surface area contributed by atoms with Gasteiger partial charge in [-0.3, -0.25) is 9.59 Å². The molecule has 7 nitrogen and oxygen atoms in total. The van der Waals surface area contributed by atoms with Crippen LogP contribution in [0.1, 0.15) is 30.6 Å². The van der Waals surface area contributed by atoms with Gasteiger partial charge in [-0.05, 0) is 38.1 Å². The van der Waals surface area contributed by atoms with Crippen LogP contribution in [0.4, 0.5) is 5.69 Å². The van der Waals surface area contributed by atoms with Gasteiger partial charge in [0.25, 0.3) is 5.91 Å². The molecule has 0 aromatic heterocycles. The molecule has 0 aliphatic carbocycles. The molecule has 7 heteroatoms. The van der Waals surface area contributed by atoms with E-state index in [1.807, 2.05) is 0 Å². The van der Waals surface area contributed by atoms with Crippen molar-refractivity contribution in [3.63, 3.8) is 0 Å². The molecule has 2 amide bonds. The number of amides is 2. The van der Waals surface area contributed by atoms with Gasteiger partial charge in [0.2, 0.25) is 5.91 Å². The minimum absolute atomic E-state index is 0.242. The van der Waals surface area contributed by atoms with Crippen LogP contribution in [-0.2, 0) is 14.3 Å². The molecule has 0 bridgehead atoms. The molecule has 1 atom stereocenters. The van der Waals surface area contributed by atoms with Crippen molar-refractivity contribution in [2.45, 2.75) is 26.4 Å². The topological polar surface area (TPSA) is 108 Å². The number of hydrogen-bond acceptors (Lipinski definition) is 5. The normalized spacial score (nSPS) is 11.0. The van der Waals surface area contributed by atoms with Gasteiger partial charge in [-0.25, -0.2) is 4.79 Å². The third kappa shape index (κ3) is 5.25. The van der Waals surface area contributed by atoms with Crippen molar-refractivity contribution in [2.24, 2.45) is 0 Å². The van der Waals surface area contributed by atoms with E-state index in [1.165, 1.54) is 31.2 Å². The van der Waals surface area contributed by atoms with Crippen LogP contribution in [0.3, 0.4) is 0 Å². The van der Waals surface area contributed by atoms with Crippen LogP contribution < -0.4 is 10.6 Å². The smallest absolute Gasteiger partial charge is 0.338 e. The van der Waals surface area contributed by atoms with Crippen LogP contribution in [0, 0.1) is 11.3 Å². The number of carbonyl (C=O) groups excluding carboxylic acids is 3. The number of nitrogens with one attached hydrogen (secondary N) is 2. The molecule has 22 heavy (non-hydrogen) atoms. The summed E-state index contributed by atoms with van der Waals surface area (Å²) in [7, 11) is 0. The summed E-state index contributed by atoms with van der Waals surface area (Å²) >= 11 is 0. The third-order valence-electron chi connectivity index (χ3n) is 2.65. The van der Waals surface area contributed by atoms with E-state index < -0.39 is 18.0 Å². The number of esters is 1. The van der Waals surface area contributed by atoms with Crippen LogP contribution in [0.5, 0.6) is 0 Å². The Kier molecular flexibility index (Phi) is 6.57. The first-order chi connectivity index (χ1) is 10.5. The second kappa shape index (κ2) is 8.42. The molecule has 0 unspecified atom stereocenters. The van der Waals surface area contributed by atoms with Gasteiger partial charge in [0.15, 0.2) is 6.10 Å². The molecular formula is C15H17N3O4. The monoisotopic (exact) mass is 303 g/mol. The number of nitrogens with zero attached hydrogens (tertiary/aromatic N) is 1. The second-order valence-electron chi connectivity index (χ2n) is 4.40. The summed E-state index contributed by atoms with van der Waals surface area (Å²) in [5, 5.41) is 13.5. The Morgan fingerprint density at radius 2 is 1.91 bits per heavy atom. The molecule has 0 radical (unpaired) electrons. The fourth-order valence-corrected chi connectivity index (χ4v) is 1.57. The quantitative estimate of drug-likeness (QED) is 0.768. The number of nitriles is 1. The van der Waals surface area contributed by atoms with Crippen LogP contribution >= 0.6 is 0 Å². The van der Waals surface area contributed by atoms with E-state index in [1.54, 1.807) is 13.0 Å². The number of benzene rings is 1. The Balaban J connectivity index is 2.62. The van der Waals surface area contributed by atoms with E-state index in [-0.39, 0.29) is 17.9 Å². The lowest BCUT2D eigenvalue weighted by molar-refractivity contribution is -0.129. The molecule has 1 aromatic carbocycles. The molecule has 0 fully saturated rings. The maximum absolute atomic E-state index is 11.9. The van der Waals surface area contributed by atoms with Gasteiger partial charge in [0, 0.05) is 12.2 Å². The van der Waals surface area contributed by atoms with Gasteiger partial charge < -0.3 is 15.4 Å². The Bertz CT molecular complexity index is 590. The third-order valence-corrected chi connectivity index (χ3v) is 2.65. The first-order valence-electron chi connectivity index (χ1n) is 6.73. The van der Waals surface area contributed by atoms with Crippen LogP contribution in [0.2, 0.25) is 0 Å². The maximum Gasteiger partial charge on any atom is 0.338 e. The van der Waals surface area contributed by atoms with Crippen molar-refractivity contribution < 1.29 is 19.1 Å². The molecular weight excluding hydrogens is 286 g/mol. The van der Waals surface area contributed by atoms with Gasteiger partial charge in [0.05, 0.1) is 11.6 Å². The zero-order valence-electron chi connectivity index (χ0n) is 12.4. The zero-order chi connectivity index (χ0) is 16.5. The van der Waals surface area contributed by atoms with Crippen molar-refractivity contribution in [3.05, 3.63) is 29.8 Å². The fraction of sp³-hybridized carbons (Fsp3) is 0.333. The summed E-state index contributed by atoms with van der Waals surface area (Å²) in [6, 6.07) is 7.70. The summed E-state index contributed by atoms with van der Waals surface area (Å²) in [4.78, 5) is 34.6. The average Bonchev–Trinajstić information content (AvgIpc) is 2.48. The Morgan fingerprint density at radius 1 is 1.27 bits per heavy atom. The Morgan fingerprint density at radius 3 is 2.45 bits per heavy atom. The largest absolute Gasteiger partial charge is 0.449 e. The van der Waals surface area contributed by atoms with Gasteiger partial charge in [-0.2, -0.15) is 5.26 Å². The number of hydrogen-bond donors (Lipinski definition) is 2. The van der Waals surface area contributed by atoms with E-state index in [9.17, 15) is 14.4 Å². The molecule has 0 heterocycles. The van der Waals surface area contributed by atoms with Gasteiger partial charge in [-0.15, -0.1) is 0 Å². The Hall–Kier alpha value is -2.88. The molecule has 0 aliphatic rings. The van der Waals surface area contributed by atoms with Crippen LogP contribution in [0.25, 0.3) is 0 Å². The highest BCUT2D eigenvalue weighted by atomic mass is 16.5. The SMILES string of the molecule is CCNC(=O)[C@@H](C)OC(=O)c1ccc(NC(=O)CC#N)cc1. The van der Waals surface area contributed by atoms with E-state index in [0.717, 1.165) is 0 Å². The van der Waals surface area contributed by atoms with Crippen molar-refractivity contribution in [3.8, 4) is 6.07 Å². The molecule has 1 aromatic rings. The summed E-state index contributed by atoms with van der Waals surface area (Å²) in [6.45, 7) is 3.71. The number of rotatable bonds is 6. The first-order valence-corrected chi connectivity index (χ1v) is 6.73. The minimum atomic E-state index is -0.887. The summed E-state index contributed by atoms with van der Waals surface area (Å²) in [5.41, 5.74) is 0.725. The fourth-order valence-electron chi connectivity index (χ4n) is 1.57. The molecule has 0 spiro atoms. The van der Waals surface area contributed by atoms with E-state index in [0.29, 0.717) is 12.2 Å². The van der Waals surface area contributed by atoms with Crippen LogP contribution in [-0.4, -0.2) is 30.4 Å². The maximum atomic E-state index is 11.9. The van der Waals surface area contributed by atoms with Crippen molar-refractivity contribution in [1.29, 1.82) is 5.26 Å². The number of carbonyl (C=O) groups is 3. The van der Waals surface area contributed by atoms with E-state index >= 15 is 0 Å². The summed E-state index contributed by atoms with van der Waals surface area (Å²) < 4.78 is 5.03. The lowest BCUT2D eigenvalue weighted by Crippen LogP contribution is -2.35. The second-order valence-corrected chi connectivity index (χ2v) is 4.40. The standard InChI is InChI=1S/C15H17N3O4/c1-3-17-14(20)10(2)22-15(21)11-4-6-12(7-5-11)18-13(19)8-9-16/h4-7,10H,3,8H2,1-2H3,(H,17,20)(H,18,19)/t10-/m1/s1. The Labute approximate surface area is 128 Å². The summed E-state index contributed by atoms with van der Waals surface area (Å²) in [6.07, 6.45) is -1.13. The predicted octanol–water partition coefficient (Wildman–Crippen LogP) is 1.22. The van der Waals surface area contributed by atoms with Crippen molar-refractivity contribution >= 4 is 23.5 Å². The lowest BCUT2D eigenvalue weighted by atomic mass is 10.2. The number of ether oxygens (including phenoxy) is 1. The van der Waals surface area contributed by atoms with Crippen molar-refractivity contribution in [1.82, 2.24) is 5.32 Å². The lowest BCUT2D eigenvalue weighted by Gasteiger charge is -2.12. The van der Waals surface area contributed by atoms with Crippen molar-refractivity contribution in [2.75, 3.05) is 11.9 Å².